The summed E-state index contributed by atoms with van der Waals surface area (Å²) in [4.78, 5) is 26.3. The molecule has 0 atom stereocenters. The number of urea groups is 1. The molecular weight excluding hydrogens is 418 g/mol. The largest absolute Gasteiger partial charge is 0.351 e. The molecule has 0 radical (unpaired) electrons. The van der Waals surface area contributed by atoms with Crippen LogP contribution in [0.15, 0.2) is 36.4 Å². The van der Waals surface area contributed by atoms with E-state index in [-0.39, 0.29) is 29.1 Å². The number of aromatic nitrogens is 2. The number of anilines is 1. The summed E-state index contributed by atoms with van der Waals surface area (Å²) in [6.45, 7) is 2.38. The molecule has 0 unspecified atom stereocenters. The first-order chi connectivity index (χ1) is 15.3. The van der Waals surface area contributed by atoms with Gasteiger partial charge in [0.25, 0.3) is 5.91 Å². The van der Waals surface area contributed by atoms with Crippen molar-refractivity contribution in [1.82, 2.24) is 14.7 Å². The number of carbonyl (C=O) groups excluding carboxylic acids is 2. The molecule has 32 heavy (non-hydrogen) atoms. The van der Waals surface area contributed by atoms with E-state index in [0.29, 0.717) is 29.9 Å². The van der Waals surface area contributed by atoms with Crippen molar-refractivity contribution in [1.29, 1.82) is 5.26 Å². The lowest BCUT2D eigenvalue weighted by molar-refractivity contribution is 0.102. The molecule has 0 saturated carbocycles. The maximum Gasteiger partial charge on any atom is 0.315 e. The second-order valence-electron chi connectivity index (χ2n) is 7.43. The Balaban J connectivity index is 1.80. The van der Waals surface area contributed by atoms with E-state index in [2.05, 4.69) is 10.4 Å². The number of hydrogen-bond acceptors (Lipinski definition) is 4. The van der Waals surface area contributed by atoms with Gasteiger partial charge in [0.15, 0.2) is 0 Å². The number of nitrogens with zero attached hydrogens (tertiary/aromatic N) is 4. The molecule has 0 aliphatic carbocycles. The molecule has 4 rings (SSSR count). The van der Waals surface area contributed by atoms with Crippen LogP contribution in [0.3, 0.4) is 0 Å². The van der Waals surface area contributed by atoms with Crippen LogP contribution in [0.2, 0.25) is 0 Å². The Bertz CT molecular complexity index is 1270. The van der Waals surface area contributed by atoms with E-state index >= 15 is 0 Å². The summed E-state index contributed by atoms with van der Waals surface area (Å²) in [7, 11) is 0. The summed E-state index contributed by atoms with van der Waals surface area (Å²) in [5.74, 6) is -1.87. The molecule has 0 fully saturated rings. The number of primary amides is 1. The van der Waals surface area contributed by atoms with Crippen molar-refractivity contribution in [2.75, 3.05) is 11.9 Å². The Kier molecular flexibility index (Phi) is 5.32. The van der Waals surface area contributed by atoms with Gasteiger partial charge in [0.05, 0.1) is 29.9 Å². The second-order valence-corrected chi connectivity index (χ2v) is 7.43. The minimum Gasteiger partial charge on any atom is -0.351 e. The third-order valence-corrected chi connectivity index (χ3v) is 5.18. The van der Waals surface area contributed by atoms with E-state index in [4.69, 9.17) is 11.0 Å². The van der Waals surface area contributed by atoms with Gasteiger partial charge in [0.1, 0.15) is 23.4 Å². The predicted octanol–water partition coefficient (Wildman–Crippen LogP) is 3.16. The van der Waals surface area contributed by atoms with Crippen LogP contribution in [0.25, 0.3) is 11.3 Å². The number of carbonyl (C=O) groups is 2. The topological polar surface area (TPSA) is 117 Å². The number of hydrogen-bond donors (Lipinski definition) is 2. The van der Waals surface area contributed by atoms with Crippen molar-refractivity contribution in [2.45, 2.75) is 20.0 Å². The average molecular weight is 436 g/mol. The second kappa shape index (κ2) is 8.11. The summed E-state index contributed by atoms with van der Waals surface area (Å²) in [5, 5.41) is 16.0. The van der Waals surface area contributed by atoms with Crippen molar-refractivity contribution >= 4 is 17.6 Å². The molecule has 0 spiro atoms. The molecular formula is C22H18F2N6O2. The fourth-order valence-electron chi connectivity index (χ4n) is 3.70. The number of fused-ring (bicyclic) bond motifs is 1. The molecule has 162 valence electrons. The fourth-order valence-corrected chi connectivity index (χ4v) is 3.70. The third kappa shape index (κ3) is 3.88. The lowest BCUT2D eigenvalue weighted by Crippen LogP contribution is -2.42. The van der Waals surface area contributed by atoms with Crippen molar-refractivity contribution in [3.63, 3.8) is 0 Å². The lowest BCUT2D eigenvalue weighted by atomic mass is 10.0. The molecule has 2 heterocycles. The zero-order chi connectivity index (χ0) is 23.0. The van der Waals surface area contributed by atoms with Crippen molar-refractivity contribution in [3.8, 4) is 17.3 Å². The third-order valence-electron chi connectivity index (χ3n) is 5.18. The lowest BCUT2D eigenvalue weighted by Gasteiger charge is -2.26. The first-order valence-corrected chi connectivity index (χ1v) is 9.69. The number of benzene rings is 2. The number of nitrogens with one attached hydrogen (secondary N) is 1. The van der Waals surface area contributed by atoms with Gasteiger partial charge in [-0.25, -0.2) is 13.6 Å². The first-order valence-electron chi connectivity index (χ1n) is 9.69. The van der Waals surface area contributed by atoms with E-state index in [1.165, 1.54) is 29.2 Å². The van der Waals surface area contributed by atoms with Gasteiger partial charge in [0, 0.05) is 17.8 Å². The highest BCUT2D eigenvalue weighted by Gasteiger charge is 2.30. The summed E-state index contributed by atoms with van der Waals surface area (Å²) in [6.07, 6.45) is 0. The van der Waals surface area contributed by atoms with Crippen LogP contribution in [0, 0.1) is 29.9 Å². The highest BCUT2D eigenvalue weighted by molar-refractivity contribution is 6.09. The van der Waals surface area contributed by atoms with Gasteiger partial charge in [-0.2, -0.15) is 10.4 Å². The maximum absolute atomic E-state index is 14.1. The molecule has 1 aromatic heterocycles. The number of rotatable bonds is 3. The van der Waals surface area contributed by atoms with E-state index in [9.17, 15) is 18.4 Å². The van der Waals surface area contributed by atoms with Gasteiger partial charge in [-0.1, -0.05) is 0 Å². The van der Waals surface area contributed by atoms with Gasteiger partial charge in [0.2, 0.25) is 0 Å². The van der Waals surface area contributed by atoms with Crippen molar-refractivity contribution < 1.29 is 18.4 Å². The molecule has 3 N–H and O–H groups in total. The zero-order valence-corrected chi connectivity index (χ0v) is 17.0. The Morgan fingerprint density at radius 3 is 2.62 bits per heavy atom. The number of nitrogens with two attached hydrogens (primary N) is 1. The highest BCUT2D eigenvalue weighted by Crippen LogP contribution is 2.30. The normalized spacial score (nSPS) is 12.8. The van der Waals surface area contributed by atoms with E-state index in [1.54, 1.807) is 23.7 Å². The maximum atomic E-state index is 14.1. The quantitative estimate of drug-likeness (QED) is 0.656. The minimum atomic E-state index is -0.775. The van der Waals surface area contributed by atoms with E-state index in [0.717, 1.165) is 6.07 Å². The van der Waals surface area contributed by atoms with Gasteiger partial charge in [-0.3, -0.25) is 9.48 Å². The smallest absolute Gasteiger partial charge is 0.315 e. The van der Waals surface area contributed by atoms with Gasteiger partial charge < -0.3 is 16.0 Å². The average Bonchev–Trinajstić information content (AvgIpc) is 3.12. The molecule has 2 aromatic carbocycles. The number of amides is 3. The highest BCUT2D eigenvalue weighted by atomic mass is 19.1. The van der Waals surface area contributed by atoms with Crippen LogP contribution in [0.4, 0.5) is 19.3 Å². The number of aryl methyl sites for hydroxylation is 1. The molecule has 3 aromatic rings. The predicted molar refractivity (Wildman–Crippen MR) is 111 cm³/mol. The Morgan fingerprint density at radius 1 is 1.19 bits per heavy atom. The van der Waals surface area contributed by atoms with Gasteiger partial charge in [-0.15, -0.1) is 0 Å². The molecule has 3 amide bonds. The monoisotopic (exact) mass is 436 g/mol. The van der Waals surface area contributed by atoms with Crippen LogP contribution in [-0.4, -0.2) is 33.2 Å². The molecule has 10 heteroatoms. The van der Waals surface area contributed by atoms with Crippen LogP contribution in [0.1, 0.15) is 27.2 Å². The Morgan fingerprint density at radius 2 is 1.97 bits per heavy atom. The van der Waals surface area contributed by atoms with E-state index < -0.39 is 23.6 Å². The summed E-state index contributed by atoms with van der Waals surface area (Å²) >= 11 is 0. The molecule has 1 aliphatic rings. The molecule has 8 nitrogen and oxygen atoms in total. The number of halogens is 2. The number of nitriles is 1. The molecule has 0 saturated heterocycles. The first kappa shape index (κ1) is 21.0. The van der Waals surface area contributed by atoms with Gasteiger partial charge in [-0.05, 0) is 48.9 Å². The van der Waals surface area contributed by atoms with Crippen LogP contribution < -0.4 is 11.1 Å². The minimum absolute atomic E-state index is 0.0428. The SMILES string of the molecule is Cc1cc(F)cc(-c2nn3c(c2C(=O)Nc2ccc(C#N)c(F)c2)CN(C(N)=O)CC3)c1. The summed E-state index contributed by atoms with van der Waals surface area (Å²) in [6, 6.07) is 9.09. The standard InChI is InChI=1S/C22H18F2N6O2/c1-12-6-14(8-15(23)7-12)20-19(18-11-29(22(26)32)4-5-30(18)28-20)21(31)27-16-3-2-13(10-25)17(24)9-16/h2-3,6-9H,4-5,11H2,1H3,(H2,26,32)(H,27,31). The molecule has 0 bridgehead atoms. The molecule has 1 aliphatic heterocycles. The van der Waals surface area contributed by atoms with Crippen LogP contribution >= 0.6 is 0 Å². The van der Waals surface area contributed by atoms with Crippen molar-refractivity contribution in [2.24, 2.45) is 5.73 Å². The Hall–Kier alpha value is -4.26. The Labute approximate surface area is 181 Å². The van der Waals surface area contributed by atoms with E-state index in [1.807, 2.05) is 0 Å². The van der Waals surface area contributed by atoms with Gasteiger partial charge >= 0.3 is 6.03 Å². The van der Waals surface area contributed by atoms with Crippen LogP contribution in [-0.2, 0) is 13.1 Å². The zero-order valence-electron chi connectivity index (χ0n) is 17.0. The summed E-state index contributed by atoms with van der Waals surface area (Å²) in [5.41, 5.74) is 7.23. The van der Waals surface area contributed by atoms with Crippen molar-refractivity contribution in [3.05, 3.63) is 70.4 Å². The van der Waals surface area contributed by atoms with Crippen LogP contribution in [0.5, 0.6) is 0 Å². The fraction of sp³-hybridized carbons (Fsp3) is 0.182. The summed E-state index contributed by atoms with van der Waals surface area (Å²) < 4.78 is 29.7.